The van der Waals surface area contributed by atoms with Crippen LogP contribution in [0.2, 0.25) is 0 Å². The lowest BCUT2D eigenvalue weighted by Gasteiger charge is -2.25. The first-order valence-corrected chi connectivity index (χ1v) is 11.0. The Kier molecular flexibility index (Phi) is 6.84. The van der Waals surface area contributed by atoms with Crippen LogP contribution in [0.5, 0.6) is 5.75 Å². The average Bonchev–Trinajstić information content (AvgIpc) is 2.68. The Labute approximate surface area is 178 Å². The number of hydrogen-bond acceptors (Lipinski definition) is 4. The number of anilines is 2. The van der Waals surface area contributed by atoms with Crippen molar-refractivity contribution in [1.82, 2.24) is 4.31 Å². The molecule has 0 amide bonds. The lowest BCUT2D eigenvalue weighted by atomic mass is 10.2. The number of thiocarbonyl (C=S) groups is 1. The van der Waals surface area contributed by atoms with Gasteiger partial charge in [-0.2, -0.15) is 4.31 Å². The van der Waals surface area contributed by atoms with Crippen molar-refractivity contribution in [2.45, 2.75) is 30.5 Å². The van der Waals surface area contributed by atoms with Crippen LogP contribution < -0.4 is 15.4 Å². The Morgan fingerprint density at radius 1 is 0.967 bits per heavy atom. The molecule has 1 fully saturated rings. The number of benzene rings is 2. The van der Waals surface area contributed by atoms with Gasteiger partial charge in [-0.25, -0.2) is 8.42 Å². The first-order chi connectivity index (χ1) is 14.1. The van der Waals surface area contributed by atoms with Gasteiger partial charge >= 0.3 is 6.36 Å². The number of ether oxygens (including phenoxy) is 1. The summed E-state index contributed by atoms with van der Waals surface area (Å²) in [6.45, 7) is 1.04. The Balaban J connectivity index is 1.62. The maximum absolute atomic E-state index is 12.7. The molecule has 0 spiro atoms. The van der Waals surface area contributed by atoms with Crippen molar-refractivity contribution < 1.29 is 26.3 Å². The van der Waals surface area contributed by atoms with Gasteiger partial charge < -0.3 is 15.4 Å². The van der Waals surface area contributed by atoms with E-state index >= 15 is 0 Å². The molecule has 30 heavy (non-hydrogen) atoms. The van der Waals surface area contributed by atoms with Crippen LogP contribution in [0.4, 0.5) is 24.5 Å². The summed E-state index contributed by atoms with van der Waals surface area (Å²) >= 11 is 5.17. The van der Waals surface area contributed by atoms with E-state index < -0.39 is 16.4 Å². The molecule has 162 valence electrons. The quantitative estimate of drug-likeness (QED) is 0.639. The maximum atomic E-state index is 12.7. The monoisotopic (exact) mass is 459 g/mol. The van der Waals surface area contributed by atoms with Gasteiger partial charge in [-0.05, 0) is 61.5 Å². The summed E-state index contributed by atoms with van der Waals surface area (Å²) in [6.07, 6.45) is -2.04. The third kappa shape index (κ3) is 6.07. The van der Waals surface area contributed by atoms with Gasteiger partial charge in [-0.1, -0.05) is 12.5 Å². The van der Waals surface area contributed by atoms with Crippen LogP contribution in [-0.2, 0) is 10.0 Å². The van der Waals surface area contributed by atoms with Gasteiger partial charge in [0, 0.05) is 30.5 Å². The summed E-state index contributed by atoms with van der Waals surface area (Å²) in [5.41, 5.74) is 0.839. The molecule has 0 atom stereocenters. The molecular weight excluding hydrogens is 439 g/mol. The second-order valence-corrected chi connectivity index (χ2v) is 8.99. The summed E-state index contributed by atoms with van der Waals surface area (Å²) in [5, 5.41) is 5.76. The van der Waals surface area contributed by atoms with Crippen molar-refractivity contribution in [3.63, 3.8) is 0 Å². The number of hydrogen-bond donors (Lipinski definition) is 2. The van der Waals surface area contributed by atoms with Gasteiger partial charge in [0.2, 0.25) is 10.0 Å². The van der Waals surface area contributed by atoms with E-state index in [9.17, 15) is 21.6 Å². The zero-order valence-corrected chi connectivity index (χ0v) is 17.4. The molecule has 0 aliphatic carbocycles. The SMILES string of the molecule is O=S(=O)(c1ccc(NC(=S)Nc2cccc(OC(F)(F)F)c2)cc1)N1CCCCC1. The molecule has 1 saturated heterocycles. The van der Waals surface area contributed by atoms with Gasteiger partial charge in [0.1, 0.15) is 5.75 Å². The van der Waals surface area contributed by atoms with Crippen LogP contribution in [0, 0.1) is 0 Å². The molecule has 0 aromatic heterocycles. The summed E-state index contributed by atoms with van der Waals surface area (Å²) in [4.78, 5) is 0.200. The summed E-state index contributed by atoms with van der Waals surface area (Å²) in [5.74, 6) is -0.373. The van der Waals surface area contributed by atoms with Crippen molar-refractivity contribution >= 4 is 38.7 Å². The zero-order valence-electron chi connectivity index (χ0n) is 15.8. The maximum Gasteiger partial charge on any atom is 0.573 e. The normalized spacial score (nSPS) is 15.4. The topological polar surface area (TPSA) is 70.7 Å². The minimum Gasteiger partial charge on any atom is -0.406 e. The van der Waals surface area contributed by atoms with Crippen LogP contribution >= 0.6 is 12.2 Å². The van der Waals surface area contributed by atoms with Crippen LogP contribution in [-0.4, -0.2) is 37.3 Å². The molecule has 0 bridgehead atoms. The van der Waals surface area contributed by atoms with Crippen LogP contribution in [0.25, 0.3) is 0 Å². The van der Waals surface area contributed by atoms with Crippen LogP contribution in [0.15, 0.2) is 53.4 Å². The predicted molar refractivity (Wildman–Crippen MR) is 112 cm³/mol. The van der Waals surface area contributed by atoms with E-state index in [0.29, 0.717) is 24.5 Å². The molecule has 6 nitrogen and oxygen atoms in total. The fraction of sp³-hybridized carbons (Fsp3) is 0.316. The third-order valence-corrected chi connectivity index (χ3v) is 6.51. The number of nitrogens with zero attached hydrogens (tertiary/aromatic N) is 1. The Morgan fingerprint density at radius 3 is 2.23 bits per heavy atom. The Hall–Kier alpha value is -2.37. The highest BCUT2D eigenvalue weighted by atomic mass is 32.2. The highest BCUT2D eigenvalue weighted by Crippen LogP contribution is 2.25. The third-order valence-electron chi connectivity index (χ3n) is 4.39. The van der Waals surface area contributed by atoms with Crippen molar-refractivity contribution in [2.75, 3.05) is 23.7 Å². The molecular formula is C19H20F3N3O3S2. The number of piperidine rings is 1. The average molecular weight is 460 g/mol. The fourth-order valence-electron chi connectivity index (χ4n) is 3.03. The second-order valence-electron chi connectivity index (χ2n) is 6.64. The first kappa shape index (κ1) is 22.3. The summed E-state index contributed by atoms with van der Waals surface area (Å²) in [6, 6.07) is 11.4. The molecule has 2 aromatic rings. The predicted octanol–water partition coefficient (Wildman–Crippen LogP) is 4.57. The number of halogens is 3. The van der Waals surface area contributed by atoms with E-state index in [-0.39, 0.29) is 15.8 Å². The van der Waals surface area contributed by atoms with E-state index in [1.165, 1.54) is 34.6 Å². The van der Waals surface area contributed by atoms with Gasteiger partial charge in [0.25, 0.3) is 0 Å². The van der Waals surface area contributed by atoms with Crippen molar-refractivity contribution in [1.29, 1.82) is 0 Å². The molecule has 3 rings (SSSR count). The van der Waals surface area contributed by atoms with Gasteiger partial charge in [0.15, 0.2) is 5.11 Å². The largest absolute Gasteiger partial charge is 0.573 e. The number of nitrogens with one attached hydrogen (secondary N) is 2. The minimum atomic E-state index is -4.78. The minimum absolute atomic E-state index is 0.130. The number of sulfonamides is 1. The van der Waals surface area contributed by atoms with Gasteiger partial charge in [0.05, 0.1) is 4.90 Å². The molecule has 0 saturated carbocycles. The fourth-order valence-corrected chi connectivity index (χ4v) is 4.78. The standard InChI is InChI=1S/C19H20F3N3O3S2/c20-19(21,22)28-16-6-4-5-15(13-16)24-18(29)23-14-7-9-17(10-8-14)30(26,27)25-11-2-1-3-12-25/h4-10,13H,1-3,11-12H2,(H2,23,24,29). The molecule has 0 unspecified atom stereocenters. The van der Waals surface area contributed by atoms with E-state index in [4.69, 9.17) is 12.2 Å². The molecule has 2 N–H and O–H groups in total. The van der Waals surface area contributed by atoms with Crippen molar-refractivity contribution in [3.8, 4) is 5.75 Å². The molecule has 2 aromatic carbocycles. The summed E-state index contributed by atoms with van der Waals surface area (Å²) in [7, 11) is -3.52. The molecule has 1 aliphatic heterocycles. The van der Waals surface area contributed by atoms with Crippen molar-refractivity contribution in [3.05, 3.63) is 48.5 Å². The lowest BCUT2D eigenvalue weighted by Crippen LogP contribution is -2.35. The van der Waals surface area contributed by atoms with Gasteiger partial charge in [-0.15, -0.1) is 13.2 Å². The highest BCUT2D eigenvalue weighted by molar-refractivity contribution is 7.89. The van der Waals surface area contributed by atoms with Crippen LogP contribution in [0.1, 0.15) is 19.3 Å². The molecule has 1 heterocycles. The van der Waals surface area contributed by atoms with Crippen molar-refractivity contribution in [2.24, 2.45) is 0 Å². The number of rotatable bonds is 5. The summed E-state index contributed by atoms with van der Waals surface area (Å²) < 4.78 is 67.7. The van der Waals surface area contributed by atoms with E-state index in [1.54, 1.807) is 12.1 Å². The highest BCUT2D eigenvalue weighted by Gasteiger charge is 2.31. The Morgan fingerprint density at radius 2 is 1.60 bits per heavy atom. The number of alkyl halides is 3. The second kappa shape index (κ2) is 9.19. The molecule has 0 radical (unpaired) electrons. The van der Waals surface area contributed by atoms with E-state index in [1.807, 2.05) is 0 Å². The van der Waals surface area contributed by atoms with Crippen LogP contribution in [0.3, 0.4) is 0 Å². The molecule has 11 heteroatoms. The molecule has 1 aliphatic rings. The van der Waals surface area contributed by atoms with E-state index in [2.05, 4.69) is 15.4 Å². The lowest BCUT2D eigenvalue weighted by molar-refractivity contribution is -0.274. The zero-order chi connectivity index (χ0) is 21.8. The first-order valence-electron chi connectivity index (χ1n) is 9.17. The van der Waals surface area contributed by atoms with E-state index in [0.717, 1.165) is 25.3 Å². The Bertz CT molecular complexity index is 990. The van der Waals surface area contributed by atoms with Gasteiger partial charge in [-0.3, -0.25) is 0 Å². The smallest absolute Gasteiger partial charge is 0.406 e.